The van der Waals surface area contributed by atoms with Crippen LogP contribution in [0.1, 0.15) is 44.2 Å². The Kier molecular flexibility index (Phi) is 4.60. The molecule has 0 unspecified atom stereocenters. The standard InChI is InChI=1S/C16H24N2O2S/c19-21(20,16-8-1-2-9-16)18-11-5-6-14(13-18)12-15-7-3-4-10-17-15/h3-4,7,10,14,16H,1-2,5-6,8-9,11-13H2/t14-/m1/s1. The van der Waals surface area contributed by atoms with Crippen molar-refractivity contribution < 1.29 is 8.42 Å². The molecular formula is C16H24N2O2S. The van der Waals surface area contributed by atoms with Crippen molar-refractivity contribution in [3.63, 3.8) is 0 Å². The highest BCUT2D eigenvalue weighted by Crippen LogP contribution is 2.30. The van der Waals surface area contributed by atoms with Gasteiger partial charge in [0.25, 0.3) is 0 Å². The lowest BCUT2D eigenvalue weighted by Gasteiger charge is -2.33. The van der Waals surface area contributed by atoms with Crippen LogP contribution < -0.4 is 0 Å². The molecule has 2 aliphatic rings. The van der Waals surface area contributed by atoms with E-state index < -0.39 is 10.0 Å². The Morgan fingerprint density at radius 1 is 1.14 bits per heavy atom. The van der Waals surface area contributed by atoms with E-state index in [1.165, 1.54) is 0 Å². The average molecular weight is 308 g/mol. The molecule has 5 heteroatoms. The van der Waals surface area contributed by atoms with Gasteiger partial charge in [0, 0.05) is 25.0 Å². The van der Waals surface area contributed by atoms with Crippen LogP contribution >= 0.6 is 0 Å². The molecule has 0 N–H and O–H groups in total. The van der Waals surface area contributed by atoms with Crippen molar-refractivity contribution in [3.8, 4) is 0 Å². The summed E-state index contributed by atoms with van der Waals surface area (Å²) in [6, 6.07) is 5.95. The quantitative estimate of drug-likeness (QED) is 0.859. The normalized spacial score (nSPS) is 25.2. The van der Waals surface area contributed by atoms with Crippen LogP contribution in [0.3, 0.4) is 0 Å². The largest absolute Gasteiger partial charge is 0.261 e. The van der Waals surface area contributed by atoms with Crippen LogP contribution in [0.5, 0.6) is 0 Å². The van der Waals surface area contributed by atoms with E-state index in [1.54, 1.807) is 4.31 Å². The van der Waals surface area contributed by atoms with Gasteiger partial charge in [0.05, 0.1) is 5.25 Å². The monoisotopic (exact) mass is 308 g/mol. The Bertz CT molecular complexity index is 553. The molecular weight excluding hydrogens is 284 g/mol. The molecule has 116 valence electrons. The summed E-state index contributed by atoms with van der Waals surface area (Å²) in [6.45, 7) is 1.38. The summed E-state index contributed by atoms with van der Waals surface area (Å²) in [7, 11) is -3.07. The zero-order chi connectivity index (χ0) is 14.7. The SMILES string of the molecule is O=S(=O)(C1CCCC1)N1CCC[C@H](Cc2ccccn2)C1. The van der Waals surface area contributed by atoms with E-state index in [4.69, 9.17) is 0 Å². The summed E-state index contributed by atoms with van der Waals surface area (Å²) < 4.78 is 27.2. The second kappa shape index (κ2) is 6.44. The fourth-order valence-electron chi connectivity index (χ4n) is 3.64. The number of piperidine rings is 1. The Morgan fingerprint density at radius 3 is 2.67 bits per heavy atom. The first-order chi connectivity index (χ1) is 10.2. The lowest BCUT2D eigenvalue weighted by atomic mass is 9.94. The van der Waals surface area contributed by atoms with E-state index in [-0.39, 0.29) is 5.25 Å². The molecule has 1 aliphatic carbocycles. The lowest BCUT2D eigenvalue weighted by molar-refractivity contribution is 0.262. The first-order valence-electron chi connectivity index (χ1n) is 8.05. The second-order valence-electron chi connectivity index (χ2n) is 6.34. The number of sulfonamides is 1. The first kappa shape index (κ1) is 15.0. The number of hydrogen-bond acceptors (Lipinski definition) is 3. The minimum Gasteiger partial charge on any atom is -0.261 e. The van der Waals surface area contributed by atoms with Crippen LogP contribution in [0.15, 0.2) is 24.4 Å². The number of pyridine rings is 1. The predicted octanol–water partition coefficient (Wildman–Crippen LogP) is 2.61. The van der Waals surface area contributed by atoms with Crippen molar-refractivity contribution in [1.82, 2.24) is 9.29 Å². The highest BCUT2D eigenvalue weighted by atomic mass is 32.2. The van der Waals surface area contributed by atoms with Crippen molar-refractivity contribution in [2.24, 2.45) is 5.92 Å². The Labute approximate surface area is 127 Å². The van der Waals surface area contributed by atoms with Crippen LogP contribution in [0.4, 0.5) is 0 Å². The fourth-order valence-corrected chi connectivity index (χ4v) is 5.79. The van der Waals surface area contributed by atoms with Crippen molar-refractivity contribution in [2.75, 3.05) is 13.1 Å². The number of nitrogens with zero attached hydrogens (tertiary/aromatic N) is 2. The van der Waals surface area contributed by atoms with Crippen molar-refractivity contribution >= 4 is 10.0 Å². The lowest BCUT2D eigenvalue weighted by Crippen LogP contribution is -2.44. The molecule has 1 saturated carbocycles. The van der Waals surface area contributed by atoms with Crippen LogP contribution in [0, 0.1) is 5.92 Å². The Balaban J connectivity index is 1.65. The smallest absolute Gasteiger partial charge is 0.216 e. The van der Waals surface area contributed by atoms with Crippen LogP contribution in [0.25, 0.3) is 0 Å². The van der Waals surface area contributed by atoms with Gasteiger partial charge in [0.1, 0.15) is 0 Å². The van der Waals surface area contributed by atoms with Gasteiger partial charge in [-0.3, -0.25) is 4.98 Å². The third kappa shape index (κ3) is 3.46. The predicted molar refractivity (Wildman–Crippen MR) is 83.4 cm³/mol. The van der Waals surface area contributed by atoms with Crippen molar-refractivity contribution in [2.45, 2.75) is 50.2 Å². The molecule has 2 fully saturated rings. The topological polar surface area (TPSA) is 50.3 Å². The van der Waals surface area contributed by atoms with Crippen LogP contribution in [0.2, 0.25) is 0 Å². The molecule has 0 bridgehead atoms. The number of hydrogen-bond donors (Lipinski definition) is 0. The maximum Gasteiger partial charge on any atom is 0.216 e. The molecule has 4 nitrogen and oxygen atoms in total. The molecule has 0 radical (unpaired) electrons. The fraction of sp³-hybridized carbons (Fsp3) is 0.688. The average Bonchev–Trinajstić information content (AvgIpc) is 3.04. The van der Waals surface area contributed by atoms with Gasteiger partial charge in [-0.05, 0) is 50.2 Å². The Morgan fingerprint density at radius 2 is 1.95 bits per heavy atom. The molecule has 1 atom stereocenters. The van der Waals surface area contributed by atoms with Crippen molar-refractivity contribution in [1.29, 1.82) is 0 Å². The van der Waals surface area contributed by atoms with Crippen molar-refractivity contribution in [3.05, 3.63) is 30.1 Å². The molecule has 3 rings (SSSR count). The van der Waals surface area contributed by atoms with Gasteiger partial charge >= 0.3 is 0 Å². The van der Waals surface area contributed by atoms with E-state index in [1.807, 2.05) is 24.4 Å². The summed E-state index contributed by atoms with van der Waals surface area (Å²) in [6.07, 6.45) is 8.61. The summed E-state index contributed by atoms with van der Waals surface area (Å²) in [4.78, 5) is 4.37. The third-order valence-electron chi connectivity index (χ3n) is 4.79. The molecule has 0 spiro atoms. The zero-order valence-corrected chi connectivity index (χ0v) is 13.3. The van der Waals surface area contributed by atoms with E-state index >= 15 is 0 Å². The maximum atomic E-state index is 12.7. The van der Waals surface area contributed by atoms with Gasteiger partial charge in [0.2, 0.25) is 10.0 Å². The molecule has 1 aromatic rings. The summed E-state index contributed by atoms with van der Waals surface area (Å²) in [5, 5.41) is -0.119. The van der Waals surface area contributed by atoms with Crippen LogP contribution in [-0.4, -0.2) is 36.0 Å². The maximum absolute atomic E-state index is 12.7. The Hall–Kier alpha value is -0.940. The number of aromatic nitrogens is 1. The molecule has 0 aromatic carbocycles. The molecule has 1 aromatic heterocycles. The van der Waals surface area contributed by atoms with E-state index in [2.05, 4.69) is 4.98 Å². The molecule has 21 heavy (non-hydrogen) atoms. The molecule has 2 heterocycles. The molecule has 1 saturated heterocycles. The van der Waals surface area contributed by atoms with Crippen LogP contribution in [-0.2, 0) is 16.4 Å². The van der Waals surface area contributed by atoms with Gasteiger partial charge in [-0.1, -0.05) is 18.9 Å². The van der Waals surface area contributed by atoms with Gasteiger partial charge in [0.15, 0.2) is 0 Å². The summed E-state index contributed by atoms with van der Waals surface area (Å²) in [5.41, 5.74) is 1.07. The molecule has 0 amide bonds. The highest BCUT2D eigenvalue weighted by Gasteiger charge is 2.36. The van der Waals surface area contributed by atoms with E-state index in [0.29, 0.717) is 19.0 Å². The minimum atomic E-state index is -3.07. The third-order valence-corrected chi connectivity index (χ3v) is 7.15. The van der Waals surface area contributed by atoms with E-state index in [9.17, 15) is 8.42 Å². The van der Waals surface area contributed by atoms with Gasteiger partial charge < -0.3 is 0 Å². The van der Waals surface area contributed by atoms with E-state index in [0.717, 1.165) is 50.6 Å². The summed E-state index contributed by atoms with van der Waals surface area (Å²) in [5.74, 6) is 0.407. The minimum absolute atomic E-state index is 0.119. The van der Waals surface area contributed by atoms with Gasteiger partial charge in [-0.15, -0.1) is 0 Å². The van der Waals surface area contributed by atoms with Gasteiger partial charge in [-0.25, -0.2) is 12.7 Å². The zero-order valence-electron chi connectivity index (χ0n) is 12.4. The number of rotatable bonds is 4. The second-order valence-corrected chi connectivity index (χ2v) is 8.56. The van der Waals surface area contributed by atoms with Gasteiger partial charge in [-0.2, -0.15) is 0 Å². The summed E-state index contributed by atoms with van der Waals surface area (Å²) >= 11 is 0. The highest BCUT2D eigenvalue weighted by molar-refractivity contribution is 7.89. The molecule has 1 aliphatic heterocycles. The first-order valence-corrected chi connectivity index (χ1v) is 9.55.